The monoisotopic (exact) mass is 624 g/mol. The zero-order valence-corrected chi connectivity index (χ0v) is 26.5. The van der Waals surface area contributed by atoms with Crippen molar-refractivity contribution < 1.29 is 0 Å². The second-order valence-corrected chi connectivity index (χ2v) is 12.3. The fourth-order valence-electron chi connectivity index (χ4n) is 6.67. The minimum Gasteiger partial charge on any atom is -0.381 e. The van der Waals surface area contributed by atoms with Gasteiger partial charge in [-0.2, -0.15) is 0 Å². The molecule has 2 heterocycles. The molecule has 7 heteroatoms. The first-order valence-electron chi connectivity index (χ1n) is 16.0. The molecule has 6 aromatic rings. The summed E-state index contributed by atoms with van der Waals surface area (Å²) in [5, 5.41) is 17.7. The van der Waals surface area contributed by atoms with E-state index in [4.69, 9.17) is 11.6 Å². The fraction of sp³-hybridized carbons (Fsp3) is 0.205. The number of hydrogen-bond donors (Lipinski definition) is 1. The lowest BCUT2D eigenvalue weighted by Crippen LogP contribution is -2.39. The molecule has 0 unspecified atom stereocenters. The van der Waals surface area contributed by atoms with Crippen LogP contribution in [0.3, 0.4) is 0 Å². The van der Waals surface area contributed by atoms with E-state index in [1.165, 1.54) is 43.5 Å². The van der Waals surface area contributed by atoms with Crippen LogP contribution in [0.1, 0.15) is 47.1 Å². The Bertz CT molecular complexity index is 1830. The van der Waals surface area contributed by atoms with E-state index in [0.717, 1.165) is 41.0 Å². The minimum atomic E-state index is -0.918. The van der Waals surface area contributed by atoms with Crippen LogP contribution in [0.15, 0.2) is 133 Å². The Hall–Kier alpha value is -4.78. The molecule has 7 rings (SSSR count). The van der Waals surface area contributed by atoms with Crippen LogP contribution in [-0.4, -0.2) is 38.2 Å². The number of aromatic nitrogens is 4. The average Bonchev–Trinajstić information content (AvgIpc) is 3.61. The summed E-state index contributed by atoms with van der Waals surface area (Å²) >= 11 is 7.00. The number of nitrogens with one attached hydrogen (secondary N) is 1. The number of hydrogen-bond acceptors (Lipinski definition) is 5. The number of tetrazole rings is 1. The lowest BCUT2D eigenvalue weighted by Gasteiger charge is -2.36. The summed E-state index contributed by atoms with van der Waals surface area (Å²) in [5.74, 6) is 0.651. The molecule has 230 valence electrons. The molecule has 6 nitrogen and oxygen atoms in total. The summed E-state index contributed by atoms with van der Waals surface area (Å²) < 4.78 is 1.92. The average molecular weight is 625 g/mol. The maximum Gasteiger partial charge on any atom is 0.183 e. The van der Waals surface area contributed by atoms with Gasteiger partial charge in [-0.15, -0.1) is 5.10 Å². The highest BCUT2D eigenvalue weighted by molar-refractivity contribution is 6.31. The molecule has 1 aliphatic rings. The lowest BCUT2D eigenvalue weighted by molar-refractivity contribution is 0.221. The largest absolute Gasteiger partial charge is 0.381 e. The first-order chi connectivity index (χ1) is 22.7. The number of benzene rings is 5. The third-order valence-corrected chi connectivity index (χ3v) is 9.25. The van der Waals surface area contributed by atoms with Crippen molar-refractivity contribution in [3.05, 3.63) is 166 Å². The van der Waals surface area contributed by atoms with Crippen LogP contribution in [0.4, 0.5) is 5.69 Å². The number of rotatable bonds is 10. The molecule has 0 saturated carbocycles. The van der Waals surface area contributed by atoms with Gasteiger partial charge in [0.25, 0.3) is 0 Å². The zero-order valence-electron chi connectivity index (χ0n) is 25.8. The summed E-state index contributed by atoms with van der Waals surface area (Å²) in [4.78, 5) is 2.56. The second kappa shape index (κ2) is 13.7. The molecule has 0 bridgehead atoms. The molecule has 1 aromatic heterocycles. The lowest BCUT2D eigenvalue weighted by atomic mass is 9.76. The molecule has 1 aliphatic heterocycles. The highest BCUT2D eigenvalue weighted by Crippen LogP contribution is 2.44. The molecule has 0 atom stereocenters. The quantitative estimate of drug-likeness (QED) is 0.155. The Morgan fingerprint density at radius 2 is 1.35 bits per heavy atom. The van der Waals surface area contributed by atoms with E-state index in [1.807, 2.05) is 59.3 Å². The zero-order chi connectivity index (χ0) is 31.2. The predicted molar refractivity (Wildman–Crippen MR) is 186 cm³/mol. The molecular weight excluding hydrogens is 588 g/mol. The number of piperidine rings is 1. The third-order valence-electron chi connectivity index (χ3n) is 8.92. The van der Waals surface area contributed by atoms with Crippen molar-refractivity contribution in [2.24, 2.45) is 0 Å². The molecule has 0 aliphatic carbocycles. The van der Waals surface area contributed by atoms with E-state index in [2.05, 4.69) is 105 Å². The molecule has 1 saturated heterocycles. The van der Waals surface area contributed by atoms with E-state index in [0.29, 0.717) is 10.8 Å². The Labute approximate surface area is 275 Å². The van der Waals surface area contributed by atoms with Gasteiger partial charge in [0.15, 0.2) is 5.82 Å². The Morgan fingerprint density at radius 3 is 2.04 bits per heavy atom. The highest BCUT2D eigenvalue weighted by atomic mass is 35.5. The van der Waals surface area contributed by atoms with Gasteiger partial charge in [0.2, 0.25) is 0 Å². The van der Waals surface area contributed by atoms with Crippen LogP contribution < -0.4 is 5.32 Å². The predicted octanol–water partition coefficient (Wildman–Crippen LogP) is 8.43. The molecule has 0 spiro atoms. The van der Waals surface area contributed by atoms with Gasteiger partial charge in [0.1, 0.15) is 5.54 Å². The van der Waals surface area contributed by atoms with Gasteiger partial charge in [0, 0.05) is 34.9 Å². The fourth-order valence-corrected chi connectivity index (χ4v) is 6.95. The number of halogens is 1. The van der Waals surface area contributed by atoms with Crippen LogP contribution in [0.25, 0.3) is 11.4 Å². The van der Waals surface area contributed by atoms with E-state index in [9.17, 15) is 0 Å². The minimum absolute atomic E-state index is 0.637. The van der Waals surface area contributed by atoms with Gasteiger partial charge in [-0.05, 0) is 76.8 Å². The molecule has 46 heavy (non-hydrogen) atoms. The number of anilines is 1. The van der Waals surface area contributed by atoms with Crippen LogP contribution in [-0.2, 0) is 18.6 Å². The van der Waals surface area contributed by atoms with Gasteiger partial charge in [0.05, 0.1) is 0 Å². The van der Waals surface area contributed by atoms with Gasteiger partial charge >= 0.3 is 0 Å². The van der Waals surface area contributed by atoms with E-state index in [1.54, 1.807) is 0 Å². The maximum atomic E-state index is 7.00. The molecule has 0 radical (unpaired) electrons. The van der Waals surface area contributed by atoms with Crippen LogP contribution in [0.2, 0.25) is 5.02 Å². The summed E-state index contributed by atoms with van der Waals surface area (Å²) in [7, 11) is 0. The maximum absolute atomic E-state index is 7.00. The highest BCUT2D eigenvalue weighted by Gasteiger charge is 2.43. The topological polar surface area (TPSA) is 58.9 Å². The Kier molecular flexibility index (Phi) is 8.90. The molecule has 1 fully saturated rings. The summed E-state index contributed by atoms with van der Waals surface area (Å²) in [6.07, 6.45) is 3.97. The summed E-state index contributed by atoms with van der Waals surface area (Å²) in [5.41, 5.74) is 6.57. The van der Waals surface area contributed by atoms with Gasteiger partial charge in [-0.3, -0.25) is 4.90 Å². The molecule has 5 aromatic carbocycles. The summed E-state index contributed by atoms with van der Waals surface area (Å²) in [6, 6.07) is 45.8. The number of nitrogens with zero attached hydrogens (tertiary/aromatic N) is 5. The smallest absolute Gasteiger partial charge is 0.183 e. The third kappa shape index (κ3) is 6.06. The van der Waals surface area contributed by atoms with Gasteiger partial charge in [-0.1, -0.05) is 133 Å². The first-order valence-corrected chi connectivity index (χ1v) is 16.4. The Balaban J connectivity index is 1.20. The van der Waals surface area contributed by atoms with Crippen LogP contribution in [0, 0.1) is 0 Å². The van der Waals surface area contributed by atoms with E-state index >= 15 is 0 Å². The van der Waals surface area contributed by atoms with E-state index < -0.39 is 5.54 Å². The van der Waals surface area contributed by atoms with Crippen molar-refractivity contribution in [2.45, 2.75) is 37.9 Å². The summed E-state index contributed by atoms with van der Waals surface area (Å²) in [6.45, 7) is 4.13. The van der Waals surface area contributed by atoms with Crippen LogP contribution in [0.5, 0.6) is 0 Å². The van der Waals surface area contributed by atoms with Gasteiger partial charge in [-0.25, -0.2) is 4.68 Å². The van der Waals surface area contributed by atoms with Gasteiger partial charge < -0.3 is 5.32 Å². The normalized spacial score (nSPS) is 13.8. The molecular formula is C39H37ClN6. The number of likely N-dealkylation sites (tertiary alicyclic amines) is 1. The van der Waals surface area contributed by atoms with Crippen molar-refractivity contribution in [1.82, 2.24) is 25.1 Å². The van der Waals surface area contributed by atoms with Crippen molar-refractivity contribution >= 4 is 17.3 Å². The van der Waals surface area contributed by atoms with Crippen molar-refractivity contribution in [1.29, 1.82) is 0 Å². The standard InChI is InChI=1S/C39H37ClN6/c40-37-20-9-8-19-36(37)39(33-14-4-1-5-15-33,34-16-6-2-7-17-34)46-38(42-43-44-46)32-23-21-30(22-24-32)28-41-35-18-12-13-31(27-35)29-45-25-10-3-11-26-45/h1-2,4-9,12-24,27,41H,3,10-11,25-26,28-29H2. The van der Waals surface area contributed by atoms with Crippen molar-refractivity contribution in [3.8, 4) is 11.4 Å². The second-order valence-electron chi connectivity index (χ2n) is 11.9. The van der Waals surface area contributed by atoms with E-state index in [-0.39, 0.29) is 0 Å². The first kappa shape index (κ1) is 29.9. The molecule has 1 N–H and O–H groups in total. The van der Waals surface area contributed by atoms with Crippen molar-refractivity contribution in [3.63, 3.8) is 0 Å². The Morgan fingerprint density at radius 1 is 0.674 bits per heavy atom. The molecule has 0 amide bonds. The SMILES string of the molecule is Clc1ccccc1C(c1ccccc1)(c1ccccc1)n1nnnc1-c1ccc(CNc2cccc(CN3CCCCC3)c2)cc1. The van der Waals surface area contributed by atoms with Crippen molar-refractivity contribution in [2.75, 3.05) is 18.4 Å². The van der Waals surface area contributed by atoms with Crippen LogP contribution >= 0.6 is 11.6 Å².